The topological polar surface area (TPSA) is 73.0 Å². The molecule has 3 heterocycles. The van der Waals surface area contributed by atoms with Crippen LogP contribution >= 0.6 is 11.3 Å². The van der Waals surface area contributed by atoms with Crippen molar-refractivity contribution in [3.8, 4) is 10.4 Å². The molecule has 3 aromatic heterocycles. The third-order valence-electron chi connectivity index (χ3n) is 5.32. The first kappa shape index (κ1) is 19.8. The summed E-state index contributed by atoms with van der Waals surface area (Å²) in [4.78, 5) is 9.02. The minimum atomic E-state index is 0.226. The van der Waals surface area contributed by atoms with E-state index in [1.807, 2.05) is 18.5 Å². The summed E-state index contributed by atoms with van der Waals surface area (Å²) >= 11 is 1.76. The third kappa shape index (κ3) is 4.32. The Morgan fingerprint density at radius 1 is 1.00 bits per heavy atom. The van der Waals surface area contributed by atoms with Crippen molar-refractivity contribution in [1.29, 1.82) is 0 Å². The van der Waals surface area contributed by atoms with E-state index in [9.17, 15) is 0 Å². The molecule has 0 atom stereocenters. The maximum atomic E-state index is 8.87. The molecule has 0 saturated carbocycles. The zero-order chi connectivity index (χ0) is 21.0. The van der Waals surface area contributed by atoms with Crippen LogP contribution in [0.5, 0.6) is 0 Å². The normalized spacial score (nSPS) is 11.4. The molecule has 0 radical (unpaired) electrons. The molecule has 5 rings (SSSR count). The zero-order valence-corrected chi connectivity index (χ0v) is 17.9. The highest BCUT2D eigenvalue weighted by Crippen LogP contribution is 2.37. The van der Waals surface area contributed by atoms with Gasteiger partial charge in [-0.05, 0) is 60.5 Å². The first-order valence-electron chi connectivity index (χ1n) is 10.4. The lowest BCUT2D eigenvalue weighted by molar-refractivity contribution is 0.286. The van der Waals surface area contributed by atoms with Gasteiger partial charge in [-0.25, -0.2) is 0 Å². The van der Waals surface area contributed by atoms with Gasteiger partial charge in [-0.3, -0.25) is 4.98 Å². The number of benzene rings is 2. The summed E-state index contributed by atoms with van der Waals surface area (Å²) < 4.78 is 1.15. The summed E-state index contributed by atoms with van der Waals surface area (Å²) in [6.45, 7) is 1.87. The molecule has 6 heteroatoms. The highest BCUT2D eigenvalue weighted by Gasteiger charge is 2.10. The van der Waals surface area contributed by atoms with Gasteiger partial charge in [0.25, 0.3) is 0 Å². The predicted molar refractivity (Wildman–Crippen MR) is 130 cm³/mol. The van der Waals surface area contributed by atoms with Crippen LogP contribution in [0.2, 0.25) is 0 Å². The molecule has 5 nitrogen and oxygen atoms in total. The number of hydrogen-bond donors (Lipinski definition) is 4. The number of H-pyrrole nitrogens is 1. The van der Waals surface area contributed by atoms with E-state index in [1.54, 1.807) is 11.3 Å². The van der Waals surface area contributed by atoms with Crippen LogP contribution < -0.4 is 10.6 Å². The van der Waals surface area contributed by atoms with Crippen LogP contribution in [0.15, 0.2) is 73.1 Å². The highest BCUT2D eigenvalue weighted by molar-refractivity contribution is 7.22. The third-order valence-corrected chi connectivity index (χ3v) is 6.53. The quantitative estimate of drug-likeness (QED) is 0.241. The van der Waals surface area contributed by atoms with E-state index >= 15 is 0 Å². The lowest BCUT2D eigenvalue weighted by atomic mass is 10.1. The van der Waals surface area contributed by atoms with Gasteiger partial charge in [0.05, 0.1) is 15.9 Å². The lowest BCUT2D eigenvalue weighted by Crippen LogP contribution is -2.15. The van der Waals surface area contributed by atoms with Crippen LogP contribution in [0.25, 0.3) is 31.6 Å². The van der Waals surface area contributed by atoms with Gasteiger partial charge in [0.15, 0.2) is 0 Å². The van der Waals surface area contributed by atoms with Crippen LogP contribution in [0.4, 0.5) is 11.4 Å². The Balaban J connectivity index is 1.37. The Kier molecular flexibility index (Phi) is 5.67. The molecule has 5 aromatic rings. The van der Waals surface area contributed by atoms with Crippen LogP contribution in [0, 0.1) is 0 Å². The smallest absolute Gasteiger partial charge is 0.0837 e. The number of rotatable bonds is 8. The van der Waals surface area contributed by atoms with Gasteiger partial charge < -0.3 is 20.7 Å². The number of hydrogen-bond acceptors (Lipinski definition) is 5. The number of nitrogens with one attached hydrogen (secondary N) is 3. The molecule has 2 aromatic carbocycles. The van der Waals surface area contributed by atoms with Gasteiger partial charge in [0, 0.05) is 47.0 Å². The monoisotopic (exact) mass is 428 g/mol. The van der Waals surface area contributed by atoms with Gasteiger partial charge in [-0.15, -0.1) is 11.3 Å². The van der Waals surface area contributed by atoms with Crippen molar-refractivity contribution in [3.63, 3.8) is 0 Å². The summed E-state index contributed by atoms with van der Waals surface area (Å²) in [5, 5.41) is 17.0. The van der Waals surface area contributed by atoms with Gasteiger partial charge >= 0.3 is 0 Å². The Morgan fingerprint density at radius 2 is 1.90 bits per heavy atom. The van der Waals surface area contributed by atoms with Crippen molar-refractivity contribution in [1.82, 2.24) is 15.3 Å². The van der Waals surface area contributed by atoms with Crippen molar-refractivity contribution >= 4 is 43.8 Å². The van der Waals surface area contributed by atoms with E-state index in [4.69, 9.17) is 5.11 Å². The van der Waals surface area contributed by atoms with Crippen molar-refractivity contribution < 1.29 is 5.11 Å². The molecule has 0 amide bonds. The van der Waals surface area contributed by atoms with Crippen LogP contribution in [-0.4, -0.2) is 28.2 Å². The van der Waals surface area contributed by atoms with Crippen molar-refractivity contribution in [2.24, 2.45) is 0 Å². The molecule has 0 bridgehead atoms. The molecular weight excluding hydrogens is 404 g/mol. The highest BCUT2D eigenvalue weighted by atomic mass is 32.1. The van der Waals surface area contributed by atoms with E-state index in [1.165, 1.54) is 21.4 Å². The molecule has 31 heavy (non-hydrogen) atoms. The summed E-state index contributed by atoms with van der Waals surface area (Å²) in [7, 11) is 0. The molecule has 156 valence electrons. The number of anilines is 2. The van der Waals surface area contributed by atoms with Crippen molar-refractivity contribution in [3.05, 3.63) is 78.6 Å². The molecular formula is C25H24N4OS. The summed E-state index contributed by atoms with van der Waals surface area (Å²) in [5.74, 6) is 0. The number of thiophene rings is 1. The Bertz CT molecular complexity index is 1310. The van der Waals surface area contributed by atoms with E-state index < -0.39 is 0 Å². The van der Waals surface area contributed by atoms with E-state index in [0.717, 1.165) is 46.6 Å². The van der Waals surface area contributed by atoms with Crippen LogP contribution in [0.1, 0.15) is 12.0 Å². The fourth-order valence-corrected chi connectivity index (χ4v) is 4.78. The number of nitrogens with zero attached hydrogens (tertiary/aromatic N) is 1. The maximum absolute atomic E-state index is 8.87. The number of pyridine rings is 1. The zero-order valence-electron chi connectivity index (χ0n) is 17.1. The summed E-state index contributed by atoms with van der Waals surface area (Å²) in [5.41, 5.74) is 6.71. The number of fused-ring (bicyclic) bond motifs is 2. The molecule has 0 saturated heterocycles. The molecule has 0 aliphatic carbocycles. The second-order valence-corrected chi connectivity index (χ2v) is 8.59. The standard InChI is InChI=1S/C25H24N4OS/c30-13-1-10-26-16-17-2-4-18(5-3-17)24-15-23-25(31-24)22(9-12-28-23)29-20-6-7-21-19(14-20)8-11-27-21/h2-9,11-12,14-15,26-27,30H,1,10,13,16H2,(H,28,29). The Morgan fingerprint density at radius 3 is 2.77 bits per heavy atom. The number of aromatic nitrogens is 2. The van der Waals surface area contributed by atoms with E-state index in [0.29, 0.717) is 0 Å². The number of aliphatic hydroxyl groups excluding tert-OH is 1. The maximum Gasteiger partial charge on any atom is 0.0837 e. The lowest BCUT2D eigenvalue weighted by Gasteiger charge is -2.07. The number of aromatic amines is 1. The van der Waals surface area contributed by atoms with Gasteiger partial charge in [-0.1, -0.05) is 24.3 Å². The van der Waals surface area contributed by atoms with Crippen LogP contribution in [0.3, 0.4) is 0 Å². The average Bonchev–Trinajstić information content (AvgIpc) is 3.44. The van der Waals surface area contributed by atoms with E-state index in [-0.39, 0.29) is 6.61 Å². The largest absolute Gasteiger partial charge is 0.396 e. The Labute approximate surface area is 184 Å². The van der Waals surface area contributed by atoms with Gasteiger partial charge in [0.1, 0.15) is 0 Å². The summed E-state index contributed by atoms with van der Waals surface area (Å²) in [6, 6.07) is 21.3. The van der Waals surface area contributed by atoms with Crippen molar-refractivity contribution in [2.75, 3.05) is 18.5 Å². The van der Waals surface area contributed by atoms with Gasteiger partial charge in [-0.2, -0.15) is 0 Å². The minimum Gasteiger partial charge on any atom is -0.396 e. The first-order valence-corrected chi connectivity index (χ1v) is 11.3. The fourth-order valence-electron chi connectivity index (χ4n) is 3.69. The summed E-state index contributed by atoms with van der Waals surface area (Å²) in [6.07, 6.45) is 4.60. The van der Waals surface area contributed by atoms with Crippen molar-refractivity contribution in [2.45, 2.75) is 13.0 Å². The van der Waals surface area contributed by atoms with Gasteiger partial charge in [0.2, 0.25) is 0 Å². The van der Waals surface area contributed by atoms with Crippen LogP contribution in [-0.2, 0) is 6.54 Å². The molecule has 0 fully saturated rings. The molecule has 0 aliphatic heterocycles. The molecule has 0 aliphatic rings. The second kappa shape index (κ2) is 8.89. The Hall–Kier alpha value is -3.19. The molecule has 0 unspecified atom stereocenters. The molecule has 0 spiro atoms. The average molecular weight is 429 g/mol. The minimum absolute atomic E-state index is 0.226. The first-order chi connectivity index (χ1) is 15.3. The fraction of sp³-hybridized carbons (Fsp3) is 0.160. The predicted octanol–water partition coefficient (Wildman–Crippen LogP) is 5.66. The molecule has 4 N–H and O–H groups in total. The SMILES string of the molecule is OCCCNCc1ccc(-c2cc3nccc(Nc4ccc5[nH]ccc5c4)c3s2)cc1. The number of aliphatic hydroxyl groups is 1. The van der Waals surface area contributed by atoms with E-state index in [2.05, 4.69) is 75.2 Å². The second-order valence-electron chi connectivity index (χ2n) is 7.54.